The Morgan fingerprint density at radius 1 is 1.50 bits per heavy atom. The summed E-state index contributed by atoms with van der Waals surface area (Å²) >= 11 is 4.48. The van der Waals surface area contributed by atoms with Crippen LogP contribution in [-0.4, -0.2) is 15.9 Å². The van der Waals surface area contributed by atoms with Crippen LogP contribution in [0.2, 0.25) is 0 Å². The summed E-state index contributed by atoms with van der Waals surface area (Å²) in [4.78, 5) is 19.5. The number of carbonyl (C=O) groups excluding carboxylic acids is 1. The Morgan fingerprint density at radius 2 is 2.31 bits per heavy atom. The first kappa shape index (κ1) is 11.0. The molecule has 0 atom stereocenters. The Balaban J connectivity index is 2.10. The first-order chi connectivity index (χ1) is 7.65. The highest BCUT2D eigenvalue weighted by molar-refractivity contribution is 9.10. The molecule has 0 bridgehead atoms. The van der Waals surface area contributed by atoms with Gasteiger partial charge in [-0.2, -0.15) is 0 Å². The van der Waals surface area contributed by atoms with Gasteiger partial charge in [-0.1, -0.05) is 0 Å². The Kier molecular flexibility index (Phi) is 3.16. The van der Waals surface area contributed by atoms with E-state index in [0.717, 1.165) is 4.47 Å². The van der Waals surface area contributed by atoms with Crippen molar-refractivity contribution >= 4 is 44.1 Å². The van der Waals surface area contributed by atoms with Crippen molar-refractivity contribution in [1.29, 1.82) is 0 Å². The molecule has 0 spiro atoms. The van der Waals surface area contributed by atoms with Gasteiger partial charge in [0.15, 0.2) is 5.13 Å². The van der Waals surface area contributed by atoms with Gasteiger partial charge in [0.1, 0.15) is 11.5 Å². The molecule has 2 aromatic heterocycles. The van der Waals surface area contributed by atoms with E-state index in [-0.39, 0.29) is 5.91 Å². The molecule has 0 saturated carbocycles. The van der Waals surface area contributed by atoms with Crippen molar-refractivity contribution in [3.8, 4) is 0 Å². The number of nitrogens with one attached hydrogen (secondary N) is 1. The lowest BCUT2D eigenvalue weighted by Gasteiger charge is -2.01. The third-order valence-electron chi connectivity index (χ3n) is 1.72. The summed E-state index contributed by atoms with van der Waals surface area (Å²) in [6.07, 6.45) is 1.60. The third-order valence-corrected chi connectivity index (χ3v) is 2.87. The molecule has 0 fully saturated rings. The minimum atomic E-state index is -0.317. The molecule has 0 aliphatic heterocycles. The van der Waals surface area contributed by atoms with E-state index in [4.69, 9.17) is 5.73 Å². The van der Waals surface area contributed by atoms with Crippen molar-refractivity contribution in [2.24, 2.45) is 0 Å². The van der Waals surface area contributed by atoms with E-state index in [0.29, 0.717) is 16.6 Å². The van der Waals surface area contributed by atoms with Gasteiger partial charge < -0.3 is 11.1 Å². The largest absolute Gasteiger partial charge is 0.375 e. The van der Waals surface area contributed by atoms with Crippen molar-refractivity contribution in [3.63, 3.8) is 0 Å². The lowest BCUT2D eigenvalue weighted by atomic mass is 10.4. The van der Waals surface area contributed by atoms with Crippen LogP contribution in [0.4, 0.5) is 10.9 Å². The Morgan fingerprint density at radius 3 is 2.88 bits per heavy atom. The summed E-state index contributed by atoms with van der Waals surface area (Å²) in [7, 11) is 0. The zero-order valence-electron chi connectivity index (χ0n) is 7.98. The van der Waals surface area contributed by atoms with E-state index in [9.17, 15) is 4.79 Å². The summed E-state index contributed by atoms with van der Waals surface area (Å²) in [5.74, 6) is 0.155. The summed E-state index contributed by atoms with van der Waals surface area (Å²) < 4.78 is 0.850. The minimum absolute atomic E-state index is 0.298. The Bertz CT molecular complexity index is 510. The number of carbonyl (C=O) groups is 1. The summed E-state index contributed by atoms with van der Waals surface area (Å²) in [6, 6.07) is 3.48. The molecule has 0 aliphatic carbocycles. The number of nitrogens with two attached hydrogens (primary N) is 1. The quantitative estimate of drug-likeness (QED) is 0.890. The molecule has 2 aromatic rings. The normalized spacial score (nSPS) is 10.1. The molecule has 0 aromatic carbocycles. The molecular weight excluding hydrogens is 292 g/mol. The molecule has 82 valence electrons. The van der Waals surface area contributed by atoms with Crippen molar-refractivity contribution in [1.82, 2.24) is 9.97 Å². The van der Waals surface area contributed by atoms with Crippen LogP contribution in [0.25, 0.3) is 0 Å². The second kappa shape index (κ2) is 4.58. The number of aromatic nitrogens is 2. The van der Waals surface area contributed by atoms with E-state index in [2.05, 4.69) is 31.2 Å². The fourth-order valence-corrected chi connectivity index (χ4v) is 1.80. The molecule has 0 saturated heterocycles. The number of anilines is 2. The zero-order chi connectivity index (χ0) is 11.5. The number of rotatable bonds is 2. The molecule has 0 aliphatic rings. The number of thiazole rings is 1. The van der Waals surface area contributed by atoms with Gasteiger partial charge in [-0.3, -0.25) is 4.79 Å². The number of amides is 1. The average molecular weight is 299 g/mol. The standard InChI is InChI=1S/C9H7BrN4OS/c10-5-1-2-7(12-3-5)14-8(15)6-4-16-9(11)13-6/h1-4H,(H2,11,13)(H,12,14,15). The van der Waals surface area contributed by atoms with Crippen molar-refractivity contribution in [2.75, 3.05) is 11.1 Å². The maximum atomic E-state index is 11.6. The number of nitrogen functional groups attached to an aromatic ring is 1. The van der Waals surface area contributed by atoms with Gasteiger partial charge in [-0.05, 0) is 28.1 Å². The average Bonchev–Trinajstić information content (AvgIpc) is 2.68. The number of nitrogens with zero attached hydrogens (tertiary/aromatic N) is 2. The van der Waals surface area contributed by atoms with Crippen LogP contribution < -0.4 is 11.1 Å². The SMILES string of the molecule is Nc1nc(C(=O)Nc2ccc(Br)cn2)cs1. The maximum Gasteiger partial charge on any atom is 0.276 e. The van der Waals surface area contributed by atoms with Crippen LogP contribution in [0, 0.1) is 0 Å². The third kappa shape index (κ3) is 2.56. The Labute approximate surface area is 104 Å². The summed E-state index contributed by atoms with van der Waals surface area (Å²) in [6.45, 7) is 0. The van der Waals surface area contributed by atoms with Gasteiger partial charge in [0, 0.05) is 16.0 Å². The number of hydrogen-bond acceptors (Lipinski definition) is 5. The molecule has 0 unspecified atom stereocenters. The van der Waals surface area contributed by atoms with Crippen LogP contribution in [-0.2, 0) is 0 Å². The number of pyridine rings is 1. The van der Waals surface area contributed by atoms with Crippen LogP contribution in [0.1, 0.15) is 10.5 Å². The fraction of sp³-hybridized carbons (Fsp3) is 0. The molecule has 2 rings (SSSR count). The predicted octanol–water partition coefficient (Wildman–Crippen LogP) is 2.14. The van der Waals surface area contributed by atoms with Crippen LogP contribution in [0.15, 0.2) is 28.2 Å². The molecule has 3 N–H and O–H groups in total. The number of halogens is 1. The minimum Gasteiger partial charge on any atom is -0.375 e. The van der Waals surface area contributed by atoms with Crippen molar-refractivity contribution in [2.45, 2.75) is 0 Å². The van der Waals surface area contributed by atoms with Crippen LogP contribution in [0.5, 0.6) is 0 Å². The molecule has 0 radical (unpaired) electrons. The van der Waals surface area contributed by atoms with Gasteiger partial charge in [0.25, 0.3) is 5.91 Å². The van der Waals surface area contributed by atoms with E-state index < -0.39 is 0 Å². The van der Waals surface area contributed by atoms with Gasteiger partial charge in [-0.25, -0.2) is 9.97 Å². The highest BCUT2D eigenvalue weighted by Gasteiger charge is 2.10. The van der Waals surface area contributed by atoms with E-state index in [1.165, 1.54) is 11.3 Å². The smallest absolute Gasteiger partial charge is 0.276 e. The molecular formula is C9H7BrN4OS. The molecule has 1 amide bonds. The highest BCUT2D eigenvalue weighted by atomic mass is 79.9. The summed E-state index contributed by atoms with van der Waals surface area (Å²) in [5.41, 5.74) is 5.73. The van der Waals surface area contributed by atoms with Crippen LogP contribution in [0.3, 0.4) is 0 Å². The molecule has 5 nitrogen and oxygen atoms in total. The van der Waals surface area contributed by atoms with Gasteiger partial charge >= 0.3 is 0 Å². The van der Waals surface area contributed by atoms with Crippen molar-refractivity contribution < 1.29 is 4.79 Å². The van der Waals surface area contributed by atoms with E-state index >= 15 is 0 Å². The summed E-state index contributed by atoms with van der Waals surface area (Å²) in [5, 5.41) is 4.59. The van der Waals surface area contributed by atoms with Crippen LogP contribution >= 0.6 is 27.3 Å². The monoisotopic (exact) mass is 298 g/mol. The predicted molar refractivity (Wildman–Crippen MR) is 66.4 cm³/mol. The fourth-order valence-electron chi connectivity index (χ4n) is 1.02. The van der Waals surface area contributed by atoms with Gasteiger partial charge in [0.2, 0.25) is 0 Å². The number of hydrogen-bond donors (Lipinski definition) is 2. The van der Waals surface area contributed by atoms with Gasteiger partial charge in [-0.15, -0.1) is 11.3 Å². The second-order valence-corrected chi connectivity index (χ2v) is 4.69. The topological polar surface area (TPSA) is 80.9 Å². The first-order valence-corrected chi connectivity index (χ1v) is 5.96. The zero-order valence-corrected chi connectivity index (χ0v) is 10.4. The molecule has 16 heavy (non-hydrogen) atoms. The maximum absolute atomic E-state index is 11.6. The van der Waals surface area contributed by atoms with E-state index in [1.807, 2.05) is 0 Å². The van der Waals surface area contributed by atoms with Gasteiger partial charge in [0.05, 0.1) is 0 Å². The van der Waals surface area contributed by atoms with Crippen molar-refractivity contribution in [3.05, 3.63) is 33.9 Å². The lowest BCUT2D eigenvalue weighted by molar-refractivity contribution is 0.102. The Hall–Kier alpha value is -1.47. The molecule has 2 heterocycles. The molecule has 7 heteroatoms. The second-order valence-electron chi connectivity index (χ2n) is 2.89. The highest BCUT2D eigenvalue weighted by Crippen LogP contribution is 2.14. The van der Waals surface area contributed by atoms with E-state index in [1.54, 1.807) is 23.7 Å². The first-order valence-electron chi connectivity index (χ1n) is 4.29. The lowest BCUT2D eigenvalue weighted by Crippen LogP contribution is -2.13.